The number of likely N-dealkylation sites (tertiary alicyclic amines) is 4. The Morgan fingerprint density at radius 3 is 1.32 bits per heavy atom. The number of halogens is 2. The number of aromatic hydroxyl groups is 2. The van der Waals surface area contributed by atoms with Crippen molar-refractivity contribution < 1.29 is 135 Å². The average molecular weight is 2000 g/mol. The number of phenols is 2. The fraction of sp³-hybridized carbons (Fsp3) is 0.613. The van der Waals surface area contributed by atoms with Gasteiger partial charge < -0.3 is 150 Å². The molecule has 3 aromatic rings. The molecule has 47 nitrogen and oxygen atoms in total. The number of ether oxygens (including phenoxy) is 5. The Bertz CT molecular complexity index is 4760. The highest BCUT2D eigenvalue weighted by Crippen LogP contribution is 2.54. The molecule has 4 saturated heterocycles. The number of amides is 13. The molecule has 49 heteroatoms. The van der Waals surface area contributed by atoms with Crippen LogP contribution >= 0.6 is 0 Å². The van der Waals surface area contributed by atoms with Crippen LogP contribution in [0.25, 0.3) is 0 Å². The molecule has 1 spiro atoms. The van der Waals surface area contributed by atoms with Crippen molar-refractivity contribution in [3.63, 3.8) is 0 Å². The summed E-state index contributed by atoms with van der Waals surface area (Å²) >= 11 is 0. The summed E-state index contributed by atoms with van der Waals surface area (Å²) < 4.78 is 59.1. The van der Waals surface area contributed by atoms with Gasteiger partial charge in [0.05, 0.1) is 51.3 Å². The number of nitrogens with two attached hydrogens (primary N) is 4. The van der Waals surface area contributed by atoms with E-state index in [4.69, 9.17) is 57.4 Å². The van der Waals surface area contributed by atoms with Crippen molar-refractivity contribution >= 4 is 107 Å². The lowest BCUT2D eigenvalue weighted by Gasteiger charge is -2.37. The number of nitrogens with zero attached hydrogens (tertiary/aromatic N) is 5. The number of unbranched alkanes of at least 4 members (excludes halogenated alkanes) is 2. The van der Waals surface area contributed by atoms with Gasteiger partial charge in [-0.05, 0) is 195 Å². The van der Waals surface area contributed by atoms with Crippen LogP contribution in [0, 0.1) is 28.4 Å². The van der Waals surface area contributed by atoms with Crippen molar-refractivity contribution in [1.82, 2.24) is 77.7 Å². The van der Waals surface area contributed by atoms with Gasteiger partial charge in [-0.25, -0.2) is 23.2 Å². The Hall–Kier alpha value is -13.1. The first kappa shape index (κ1) is 113. The number of phenolic OH excluding ortho intramolecular Hbond substituents is 2. The van der Waals surface area contributed by atoms with E-state index >= 15 is 8.78 Å². The second-order valence-electron chi connectivity index (χ2n) is 36.0. The summed E-state index contributed by atoms with van der Waals surface area (Å²) in [5, 5.41) is 92.2. The number of guanidine groups is 2. The van der Waals surface area contributed by atoms with Crippen molar-refractivity contribution in [2.45, 2.75) is 228 Å². The van der Waals surface area contributed by atoms with Crippen molar-refractivity contribution in [2.24, 2.45) is 28.9 Å². The minimum absolute atomic E-state index is 0.00251. The number of carbonyl (C=O) groups excluding carboxylic acids is 14. The molecule has 0 aromatic heterocycles. The largest absolute Gasteiger partial charge is 0.505 e. The highest BCUT2D eigenvalue weighted by Gasteiger charge is 2.54. The predicted molar refractivity (Wildman–Crippen MR) is 502 cm³/mol. The molecule has 1 aliphatic carbocycles. The number of hydrogen-bond acceptors (Lipinski definition) is 28. The van der Waals surface area contributed by atoms with Crippen molar-refractivity contribution in [1.29, 1.82) is 10.8 Å². The molecule has 11 atom stereocenters. The third-order valence-corrected chi connectivity index (χ3v) is 25.4. The standard InChI is InChI=1S/C93H135F2N21O26/c1-52(2)77(81(126)106-63(14-4-6-26-96)84(129)115-34-12-20-69(115)86(131)113-32-10-18-67(113)79(124)108-65(88(133)134)16-8-28-104-91(98)99)110-75(122)50-140-42-40-138-38-30-102-73(120)24-36-112(83(128)54-22-23-58-57(45-54)90(137)142-93(58)59-48-61(94)71(118)46-55(59)44-56-47-72(119)62(95)49-60(56)93)37-25-74(121)103-31-39-139-41-43-141-51-76(123)111-78(53(3)117)82(127)107-64(15-5-7-27-97)85(130)116-35-13-21-70(116)87(132)114-33-11-19-68(114)80(125)109-66(89(135)136)17-9-29-105-92(100)101/h22-23,45-49,52-53,63-70,77-78,117-119H,4-21,24-44,50-51,96-97H2,1-3H3,(H,102,120)(H,103,121)(H,106,126)(H,107,127)(H,108,124)(H,109,125)(H,110,122)(H,111,123)(H,133,134)(H,135,136)(H4,98,99,104)(H4,100,101,105)/t53-,63-,64+,65-,66-,67-,68-,69-,70-,77-,78-/m0/s1. The first-order valence-corrected chi connectivity index (χ1v) is 48.1. The monoisotopic (exact) mass is 2000 g/mol. The summed E-state index contributed by atoms with van der Waals surface area (Å²) in [6, 6.07) is -3.81. The Kier molecular flexibility index (Phi) is 43.4. The van der Waals surface area contributed by atoms with Crippen LogP contribution < -0.4 is 76.1 Å². The minimum Gasteiger partial charge on any atom is -0.505 e. The molecule has 0 bridgehead atoms. The van der Waals surface area contributed by atoms with Gasteiger partial charge in [0.1, 0.15) is 73.6 Å². The SMILES string of the molecule is CC(C)[C@H](NC(=O)COCCOCCNC(=O)CCN(CCC(=O)NCCOCCOCC(=O)N[C@H](C(=O)N[C@H](CCCCN)C(=O)N1CCC[C@H]1C(=O)N1CCC[C@H]1C(=O)N[C@@H](CCCNC(=N)N)C(=O)O)[C@H](C)O)C(=O)c1ccc2c(c1)C(=O)OC21c2cc(F)c(O)cc2Cc2cc(O)c(F)cc21)C(=O)N[C@@H](CCCCN)C(=O)N1CCC[C@H]1C(=O)N1CCC[C@H]1C(=O)N[C@@H](CCCNC(=N)N)C(=O)O. The van der Waals surface area contributed by atoms with E-state index in [2.05, 4.69) is 53.2 Å². The van der Waals surface area contributed by atoms with Crippen LogP contribution in [-0.2, 0) is 103 Å². The summed E-state index contributed by atoms with van der Waals surface area (Å²) in [4.78, 5) is 226. The van der Waals surface area contributed by atoms with Gasteiger partial charge in [0, 0.05) is 101 Å². The molecule has 9 rings (SSSR count). The van der Waals surface area contributed by atoms with Crippen LogP contribution in [0.15, 0.2) is 42.5 Å². The number of rotatable bonds is 57. The lowest BCUT2D eigenvalue weighted by molar-refractivity contribution is -0.149. The van der Waals surface area contributed by atoms with Crippen LogP contribution in [0.4, 0.5) is 8.78 Å². The average Bonchev–Trinajstić information content (AvgIpc) is 1.50. The molecule has 3 aromatic carbocycles. The zero-order chi connectivity index (χ0) is 104. The van der Waals surface area contributed by atoms with E-state index in [1.165, 1.54) is 49.6 Å². The summed E-state index contributed by atoms with van der Waals surface area (Å²) in [5.41, 5.74) is 20.5. The molecule has 142 heavy (non-hydrogen) atoms. The van der Waals surface area contributed by atoms with Crippen molar-refractivity contribution in [3.8, 4) is 11.5 Å². The number of carbonyl (C=O) groups is 16. The fourth-order valence-corrected chi connectivity index (χ4v) is 18.2. The Labute approximate surface area is 818 Å². The second kappa shape index (κ2) is 54.8. The van der Waals surface area contributed by atoms with E-state index in [0.29, 0.717) is 51.4 Å². The molecule has 6 aliphatic rings. The lowest BCUT2D eigenvalue weighted by atomic mass is 9.71. The number of esters is 1. The molecular formula is C93H135F2N21O26. The van der Waals surface area contributed by atoms with Gasteiger partial charge >= 0.3 is 17.9 Å². The number of fused-ring (bicyclic) bond motifs is 6. The number of aliphatic hydroxyl groups excluding tert-OH is 1. The Morgan fingerprint density at radius 1 is 0.493 bits per heavy atom. The van der Waals surface area contributed by atoms with Gasteiger partial charge in [-0.1, -0.05) is 19.9 Å². The van der Waals surface area contributed by atoms with Crippen molar-refractivity contribution in [2.75, 3.05) is 131 Å². The maximum absolute atomic E-state index is 15.4. The van der Waals surface area contributed by atoms with Crippen LogP contribution in [0.2, 0.25) is 0 Å². The molecule has 782 valence electrons. The van der Waals surface area contributed by atoms with Crippen LogP contribution in [0.3, 0.4) is 0 Å². The first-order chi connectivity index (χ1) is 67.8. The molecule has 13 amide bonds. The normalized spacial score (nSPS) is 18.0. The summed E-state index contributed by atoms with van der Waals surface area (Å²) in [5.74, 6) is -17.0. The van der Waals surface area contributed by atoms with E-state index in [1.807, 2.05) is 0 Å². The predicted octanol–water partition coefficient (Wildman–Crippen LogP) is -2.87. The second-order valence-corrected chi connectivity index (χ2v) is 36.0. The van der Waals surface area contributed by atoms with Gasteiger partial charge in [0.15, 0.2) is 40.7 Å². The fourth-order valence-electron chi connectivity index (χ4n) is 18.2. The maximum Gasteiger partial charge on any atom is 0.340 e. The summed E-state index contributed by atoms with van der Waals surface area (Å²) in [7, 11) is 0. The van der Waals surface area contributed by atoms with E-state index in [-0.39, 0.29) is 253 Å². The number of aliphatic carboxylic acids is 2. The molecular weight excluding hydrogens is 1870 g/mol. The van der Waals surface area contributed by atoms with Gasteiger partial charge in [-0.15, -0.1) is 0 Å². The molecule has 0 saturated carbocycles. The minimum atomic E-state index is -2.04. The summed E-state index contributed by atoms with van der Waals surface area (Å²) in [6.07, 6.45) is 2.83. The molecule has 0 unspecified atom stereocenters. The number of hydrogen-bond donors (Lipinski definition) is 21. The lowest BCUT2D eigenvalue weighted by Crippen LogP contribution is -2.59. The zero-order valence-corrected chi connectivity index (χ0v) is 80.1. The van der Waals surface area contributed by atoms with Crippen LogP contribution in [-0.4, -0.2) is 355 Å². The molecule has 5 aliphatic heterocycles. The van der Waals surface area contributed by atoms with Gasteiger partial charge in [0.2, 0.25) is 70.9 Å². The molecule has 5 heterocycles. The van der Waals surface area contributed by atoms with E-state index in [1.54, 1.807) is 13.8 Å². The smallest absolute Gasteiger partial charge is 0.340 e. The van der Waals surface area contributed by atoms with E-state index in [0.717, 1.165) is 24.3 Å². The summed E-state index contributed by atoms with van der Waals surface area (Å²) in [6.45, 7) is 3.52. The molecule has 0 radical (unpaired) electrons. The quantitative estimate of drug-likeness (QED) is 0.0117. The molecule has 4 fully saturated rings. The van der Waals surface area contributed by atoms with Crippen molar-refractivity contribution in [3.05, 3.63) is 93.0 Å². The number of nitrogens with one attached hydrogen (secondary N) is 12. The van der Waals surface area contributed by atoms with Gasteiger partial charge in [-0.2, -0.15) is 0 Å². The maximum atomic E-state index is 15.4. The van der Waals surface area contributed by atoms with Crippen LogP contribution in [0.1, 0.15) is 198 Å². The Balaban J connectivity index is 0.738. The number of carboxylic acid groups (broad SMARTS) is 2. The highest BCUT2D eigenvalue weighted by molar-refractivity contribution is 6.03. The van der Waals surface area contributed by atoms with Crippen LogP contribution in [0.5, 0.6) is 11.5 Å². The van der Waals surface area contributed by atoms with Gasteiger partial charge in [-0.3, -0.25) is 73.1 Å². The first-order valence-electron chi connectivity index (χ1n) is 48.1. The highest BCUT2D eigenvalue weighted by atomic mass is 19.1. The number of benzene rings is 3. The molecule has 25 N–H and O–H groups in total. The third-order valence-electron chi connectivity index (χ3n) is 25.4. The third kappa shape index (κ3) is 31.0. The van der Waals surface area contributed by atoms with E-state index in [9.17, 15) is 102 Å². The number of carboxylic acids is 2. The number of aliphatic hydroxyl groups is 1. The Morgan fingerprint density at radius 2 is 0.901 bits per heavy atom. The van der Waals surface area contributed by atoms with Gasteiger partial charge in [0.25, 0.3) is 5.91 Å². The zero-order valence-electron chi connectivity index (χ0n) is 80.1. The van der Waals surface area contributed by atoms with E-state index < -0.39 is 209 Å². The topological polar surface area (TPSA) is 709 Å².